The number of carbonyl (C=O) groups is 1. The van der Waals surface area contributed by atoms with E-state index in [1.807, 2.05) is 67.6 Å². The number of rotatable bonds is 5. The van der Waals surface area contributed by atoms with Crippen molar-refractivity contribution >= 4 is 33.1 Å². The highest BCUT2D eigenvalue weighted by atomic mass is 79.9. The second kappa shape index (κ2) is 9.55. The van der Waals surface area contributed by atoms with Crippen molar-refractivity contribution in [3.05, 3.63) is 93.6 Å². The average molecular weight is 519 g/mol. The Hall–Kier alpha value is -3.25. The highest BCUT2D eigenvalue weighted by molar-refractivity contribution is 9.10. The molecule has 3 aromatic rings. The minimum Gasteiger partial charge on any atom is -0.493 e. The van der Waals surface area contributed by atoms with E-state index in [1.165, 1.54) is 0 Å². The summed E-state index contributed by atoms with van der Waals surface area (Å²) in [5.74, 6) is 1.61. The average Bonchev–Trinajstić information content (AvgIpc) is 3.01. The first kappa shape index (κ1) is 22.5. The van der Waals surface area contributed by atoms with Crippen LogP contribution < -0.4 is 20.1 Å². The molecule has 5 rings (SSSR count). The molecule has 0 saturated carbocycles. The van der Waals surface area contributed by atoms with Crippen LogP contribution in [0.1, 0.15) is 42.9 Å². The maximum atomic E-state index is 13.7. The van der Waals surface area contributed by atoms with Gasteiger partial charge < -0.3 is 20.1 Å². The summed E-state index contributed by atoms with van der Waals surface area (Å²) in [7, 11) is 1.64. The first-order chi connectivity index (χ1) is 16.6. The van der Waals surface area contributed by atoms with Crippen LogP contribution in [0.25, 0.3) is 0 Å². The monoisotopic (exact) mass is 518 g/mol. The van der Waals surface area contributed by atoms with E-state index in [2.05, 4.69) is 32.6 Å². The Morgan fingerprint density at radius 3 is 2.50 bits per heavy atom. The van der Waals surface area contributed by atoms with E-state index in [-0.39, 0.29) is 17.7 Å². The summed E-state index contributed by atoms with van der Waals surface area (Å²) in [6.45, 7) is 2.52. The van der Waals surface area contributed by atoms with E-state index >= 15 is 0 Å². The van der Waals surface area contributed by atoms with Gasteiger partial charge in [0, 0.05) is 22.2 Å². The molecule has 1 aliphatic heterocycles. The van der Waals surface area contributed by atoms with Crippen LogP contribution in [0.4, 0.5) is 11.4 Å². The van der Waals surface area contributed by atoms with E-state index in [0.29, 0.717) is 18.8 Å². The van der Waals surface area contributed by atoms with Crippen molar-refractivity contribution in [2.45, 2.75) is 31.7 Å². The fourth-order valence-electron chi connectivity index (χ4n) is 4.88. The molecule has 1 heterocycles. The van der Waals surface area contributed by atoms with Crippen LogP contribution in [0.15, 0.2) is 82.5 Å². The van der Waals surface area contributed by atoms with Crippen LogP contribution in [-0.4, -0.2) is 19.5 Å². The van der Waals surface area contributed by atoms with Gasteiger partial charge in [0.2, 0.25) is 0 Å². The Kier molecular flexibility index (Phi) is 6.33. The molecule has 0 bridgehead atoms. The molecule has 1 aliphatic carbocycles. The molecule has 0 aromatic heterocycles. The number of benzene rings is 3. The van der Waals surface area contributed by atoms with Gasteiger partial charge in [0.15, 0.2) is 17.3 Å². The van der Waals surface area contributed by atoms with E-state index in [4.69, 9.17) is 9.47 Å². The quantitative estimate of drug-likeness (QED) is 0.387. The fourth-order valence-corrected chi connectivity index (χ4v) is 5.40. The Morgan fingerprint density at radius 2 is 1.74 bits per heavy atom. The van der Waals surface area contributed by atoms with Gasteiger partial charge in [-0.15, -0.1) is 0 Å². The molecule has 0 radical (unpaired) electrons. The number of nitrogens with one attached hydrogen (secondary N) is 2. The lowest BCUT2D eigenvalue weighted by atomic mass is 9.78. The van der Waals surface area contributed by atoms with E-state index in [9.17, 15) is 4.79 Å². The molecule has 0 amide bonds. The standard InChI is InChI=1S/C28H27BrN2O3/c1-3-34-25-13-12-17(16-26(25)33-2)18-14-23-27(24(32)15-18)28(19-8-4-5-9-20(19)29)31-22-11-7-6-10-21(22)30-23/h4-13,16,18,28,30-31H,3,14-15H2,1-2H3. The minimum absolute atomic E-state index is 0.0495. The largest absolute Gasteiger partial charge is 0.493 e. The maximum Gasteiger partial charge on any atom is 0.163 e. The second-order valence-corrected chi connectivity index (χ2v) is 9.39. The molecule has 0 saturated heterocycles. The number of ether oxygens (including phenoxy) is 2. The van der Waals surface area contributed by atoms with Crippen LogP contribution in [0.5, 0.6) is 11.5 Å². The predicted molar refractivity (Wildman–Crippen MR) is 139 cm³/mol. The number of carbonyl (C=O) groups excluding carboxylic acids is 1. The normalized spacial score (nSPS) is 19.3. The number of allylic oxidation sites excluding steroid dienone is 1. The molecule has 2 atom stereocenters. The third kappa shape index (κ3) is 4.18. The van der Waals surface area contributed by atoms with Crippen LogP contribution in [0.3, 0.4) is 0 Å². The SMILES string of the molecule is CCOc1ccc(C2CC(=O)C3=C(C2)Nc2ccccc2NC3c2ccccc2Br)cc1OC. The number of Topliss-reactive ketones (excluding diaryl/α,β-unsaturated/α-hetero) is 1. The number of hydrogen-bond donors (Lipinski definition) is 2. The van der Waals surface area contributed by atoms with Crippen molar-refractivity contribution in [3.8, 4) is 11.5 Å². The highest BCUT2D eigenvalue weighted by Gasteiger charge is 2.36. The Balaban J connectivity index is 1.57. The van der Waals surface area contributed by atoms with Gasteiger partial charge in [-0.05, 0) is 60.7 Å². The number of halogens is 1. The highest BCUT2D eigenvalue weighted by Crippen LogP contribution is 2.46. The molecule has 174 valence electrons. The number of para-hydroxylation sites is 2. The van der Waals surface area contributed by atoms with E-state index in [1.54, 1.807) is 7.11 Å². The summed E-state index contributed by atoms with van der Waals surface area (Å²) in [5.41, 5.74) is 5.84. The molecule has 0 fully saturated rings. The van der Waals surface area contributed by atoms with Crippen LogP contribution in [0, 0.1) is 0 Å². The summed E-state index contributed by atoms with van der Waals surface area (Å²) in [5, 5.41) is 7.23. The molecule has 2 N–H and O–H groups in total. The van der Waals surface area contributed by atoms with Gasteiger partial charge in [-0.1, -0.05) is 52.3 Å². The molecule has 34 heavy (non-hydrogen) atoms. The molecule has 2 aliphatic rings. The molecular formula is C28H27BrN2O3. The van der Waals surface area contributed by atoms with Crippen LogP contribution >= 0.6 is 15.9 Å². The van der Waals surface area contributed by atoms with Crippen molar-refractivity contribution in [2.24, 2.45) is 0 Å². The number of methoxy groups -OCH3 is 1. The number of ketones is 1. The first-order valence-corrected chi connectivity index (χ1v) is 12.3. The zero-order chi connectivity index (χ0) is 23.7. The summed E-state index contributed by atoms with van der Waals surface area (Å²) in [4.78, 5) is 13.7. The smallest absolute Gasteiger partial charge is 0.163 e. The first-order valence-electron chi connectivity index (χ1n) is 11.5. The lowest BCUT2D eigenvalue weighted by Crippen LogP contribution is -2.27. The van der Waals surface area contributed by atoms with Crippen molar-refractivity contribution < 1.29 is 14.3 Å². The third-order valence-corrected chi connectivity index (χ3v) is 7.21. The number of hydrogen-bond acceptors (Lipinski definition) is 5. The number of fused-ring (bicyclic) bond motifs is 1. The third-order valence-electron chi connectivity index (χ3n) is 6.48. The Bertz CT molecular complexity index is 1270. The topological polar surface area (TPSA) is 59.6 Å². The van der Waals surface area contributed by atoms with Gasteiger partial charge in [-0.2, -0.15) is 0 Å². The van der Waals surface area contributed by atoms with E-state index in [0.717, 1.165) is 50.4 Å². The lowest BCUT2D eigenvalue weighted by molar-refractivity contribution is -0.116. The van der Waals surface area contributed by atoms with Gasteiger partial charge in [0.1, 0.15) is 0 Å². The summed E-state index contributed by atoms with van der Waals surface area (Å²) < 4.78 is 12.2. The molecule has 0 spiro atoms. The van der Waals surface area contributed by atoms with Crippen molar-refractivity contribution in [1.29, 1.82) is 0 Å². The Morgan fingerprint density at radius 1 is 0.971 bits per heavy atom. The van der Waals surface area contributed by atoms with Gasteiger partial charge in [0.25, 0.3) is 0 Å². The molecule has 5 nitrogen and oxygen atoms in total. The number of anilines is 2. The van der Waals surface area contributed by atoms with Gasteiger partial charge in [-0.25, -0.2) is 0 Å². The Labute approximate surface area is 208 Å². The second-order valence-electron chi connectivity index (χ2n) is 8.53. The van der Waals surface area contributed by atoms with Crippen LogP contribution in [-0.2, 0) is 4.79 Å². The van der Waals surface area contributed by atoms with Crippen LogP contribution in [0.2, 0.25) is 0 Å². The van der Waals surface area contributed by atoms with Crippen molar-refractivity contribution in [1.82, 2.24) is 0 Å². The minimum atomic E-state index is -0.245. The zero-order valence-electron chi connectivity index (χ0n) is 19.2. The summed E-state index contributed by atoms with van der Waals surface area (Å²) in [6, 6.07) is 21.9. The molecule has 2 unspecified atom stereocenters. The molecular weight excluding hydrogens is 492 g/mol. The zero-order valence-corrected chi connectivity index (χ0v) is 20.8. The molecule has 3 aromatic carbocycles. The van der Waals surface area contributed by atoms with E-state index < -0.39 is 0 Å². The predicted octanol–water partition coefficient (Wildman–Crippen LogP) is 6.84. The van der Waals surface area contributed by atoms with Gasteiger partial charge >= 0.3 is 0 Å². The lowest BCUT2D eigenvalue weighted by Gasteiger charge is -2.30. The maximum absolute atomic E-state index is 13.7. The van der Waals surface area contributed by atoms with Crippen molar-refractivity contribution in [3.63, 3.8) is 0 Å². The van der Waals surface area contributed by atoms with Gasteiger partial charge in [-0.3, -0.25) is 4.79 Å². The summed E-state index contributed by atoms with van der Waals surface area (Å²) in [6.07, 6.45) is 1.17. The summed E-state index contributed by atoms with van der Waals surface area (Å²) >= 11 is 3.70. The molecule has 6 heteroatoms. The van der Waals surface area contributed by atoms with Crippen molar-refractivity contribution in [2.75, 3.05) is 24.4 Å². The fraction of sp³-hybridized carbons (Fsp3) is 0.250. The van der Waals surface area contributed by atoms with Gasteiger partial charge in [0.05, 0.1) is 31.1 Å².